The molecule has 0 aliphatic heterocycles. The number of hydrogen-bond donors (Lipinski definition) is 0. The molecular formula is C20H24N4. The average molecular weight is 320 g/mol. The molecule has 1 aromatic heterocycles. The number of allylic oxidation sites excluding steroid dienone is 1. The van der Waals surface area contributed by atoms with Gasteiger partial charge in [0.2, 0.25) is 5.62 Å². The van der Waals surface area contributed by atoms with E-state index in [1.165, 1.54) is 0 Å². The van der Waals surface area contributed by atoms with Crippen LogP contribution in [0.4, 0.5) is 0 Å². The van der Waals surface area contributed by atoms with Crippen LogP contribution in [-0.4, -0.2) is 15.6 Å². The van der Waals surface area contributed by atoms with Gasteiger partial charge in [-0.3, -0.25) is 0 Å². The summed E-state index contributed by atoms with van der Waals surface area (Å²) in [6, 6.07) is 8.32. The minimum atomic E-state index is 0.226. The molecule has 0 radical (unpaired) electrons. The summed E-state index contributed by atoms with van der Waals surface area (Å²) in [6.07, 6.45) is 4.85. The van der Waals surface area contributed by atoms with E-state index in [2.05, 4.69) is 36.5 Å². The molecule has 1 aromatic carbocycles. The van der Waals surface area contributed by atoms with Gasteiger partial charge in [-0.05, 0) is 55.5 Å². The predicted octanol–water partition coefficient (Wildman–Crippen LogP) is 3.78. The summed E-state index contributed by atoms with van der Waals surface area (Å²) in [7, 11) is 0. The van der Waals surface area contributed by atoms with Gasteiger partial charge in [0.1, 0.15) is 0 Å². The Morgan fingerprint density at radius 1 is 1.42 bits per heavy atom. The number of aryl methyl sites for hydroxylation is 2. The van der Waals surface area contributed by atoms with E-state index >= 15 is 0 Å². The number of aromatic nitrogens is 2. The maximum atomic E-state index is 9.21. The van der Waals surface area contributed by atoms with Gasteiger partial charge in [-0.2, -0.15) is 5.26 Å². The third-order valence-corrected chi connectivity index (χ3v) is 4.05. The molecule has 2 aromatic rings. The van der Waals surface area contributed by atoms with Gasteiger partial charge in [-0.25, -0.2) is 9.98 Å². The first-order valence-electron chi connectivity index (χ1n) is 8.20. The quantitative estimate of drug-likeness (QED) is 0.841. The molecule has 24 heavy (non-hydrogen) atoms. The van der Waals surface area contributed by atoms with E-state index in [1.807, 2.05) is 49.0 Å². The smallest absolute Gasteiger partial charge is 0.225 e. The minimum Gasteiger partial charge on any atom is -0.313 e. The van der Waals surface area contributed by atoms with Crippen LogP contribution in [0.1, 0.15) is 42.5 Å². The topological polar surface area (TPSA) is 54.0 Å². The first kappa shape index (κ1) is 17.7. The Kier molecular flexibility index (Phi) is 5.70. The number of hydrogen-bond acceptors (Lipinski definition) is 3. The van der Waals surface area contributed by atoms with Gasteiger partial charge < -0.3 is 4.57 Å². The summed E-state index contributed by atoms with van der Waals surface area (Å²) in [5.41, 5.74) is 5.36. The largest absolute Gasteiger partial charge is 0.313 e. The first-order valence-corrected chi connectivity index (χ1v) is 8.20. The Morgan fingerprint density at radius 2 is 2.17 bits per heavy atom. The summed E-state index contributed by atoms with van der Waals surface area (Å²) in [5.74, 6) is 0. The molecule has 1 heterocycles. The highest BCUT2D eigenvalue weighted by molar-refractivity contribution is 5.65. The van der Waals surface area contributed by atoms with Gasteiger partial charge in [-0.15, -0.1) is 0 Å². The Hall–Kier alpha value is -2.67. The van der Waals surface area contributed by atoms with Crippen molar-refractivity contribution >= 4 is 5.57 Å². The molecule has 0 aliphatic carbocycles. The summed E-state index contributed by atoms with van der Waals surface area (Å²) in [6.45, 7) is 12.9. The van der Waals surface area contributed by atoms with Gasteiger partial charge in [0.15, 0.2) is 0 Å². The van der Waals surface area contributed by atoms with Crippen LogP contribution in [0.15, 0.2) is 42.2 Å². The van der Waals surface area contributed by atoms with Gasteiger partial charge in [0.25, 0.3) is 0 Å². The highest BCUT2D eigenvalue weighted by Crippen LogP contribution is 2.18. The van der Waals surface area contributed by atoms with Crippen LogP contribution in [0.25, 0.3) is 5.57 Å². The monoisotopic (exact) mass is 320 g/mol. The Bertz CT molecular complexity index is 853. The van der Waals surface area contributed by atoms with Gasteiger partial charge in [-0.1, -0.05) is 25.6 Å². The van der Waals surface area contributed by atoms with Crippen molar-refractivity contribution in [1.82, 2.24) is 9.55 Å². The average Bonchev–Trinajstić information content (AvgIpc) is 2.57. The lowest BCUT2D eigenvalue weighted by atomic mass is 10.0. The van der Waals surface area contributed by atoms with Gasteiger partial charge in [0.05, 0.1) is 24.2 Å². The van der Waals surface area contributed by atoms with E-state index < -0.39 is 0 Å². The summed E-state index contributed by atoms with van der Waals surface area (Å²) < 4.78 is 2.02. The van der Waals surface area contributed by atoms with E-state index in [1.54, 1.807) is 0 Å². The van der Waals surface area contributed by atoms with Crippen molar-refractivity contribution < 1.29 is 0 Å². The predicted molar refractivity (Wildman–Crippen MR) is 97.2 cm³/mol. The molecule has 2 rings (SSSR count). The van der Waals surface area contributed by atoms with Crippen molar-refractivity contribution in [2.24, 2.45) is 4.99 Å². The lowest BCUT2D eigenvalue weighted by Crippen LogP contribution is -2.26. The van der Waals surface area contributed by atoms with Crippen molar-refractivity contribution in [3.05, 3.63) is 65.0 Å². The van der Waals surface area contributed by atoms with E-state index in [4.69, 9.17) is 0 Å². The minimum absolute atomic E-state index is 0.226. The molecule has 1 unspecified atom stereocenters. The molecule has 0 fully saturated rings. The Morgan fingerprint density at radius 3 is 2.83 bits per heavy atom. The fourth-order valence-electron chi connectivity index (χ4n) is 2.34. The maximum absolute atomic E-state index is 9.21. The lowest BCUT2D eigenvalue weighted by molar-refractivity contribution is 0.634. The standard InChI is InChI=1S/C20H24N4/c1-6-17(5)23-20-22-11-14(2)12-24(20)13-16(4)18-8-7-15(3)19(9-18)10-21/h7-9,11-12,17H,4,6,13H2,1-3,5H3/b23-20-. The van der Waals surface area contributed by atoms with Crippen LogP contribution in [0, 0.1) is 25.2 Å². The second-order valence-electron chi connectivity index (χ2n) is 6.19. The van der Waals surface area contributed by atoms with E-state index in [-0.39, 0.29) is 6.04 Å². The molecule has 0 bridgehead atoms. The van der Waals surface area contributed by atoms with Crippen LogP contribution in [0.2, 0.25) is 0 Å². The molecule has 0 N–H and O–H groups in total. The van der Waals surface area contributed by atoms with Crippen molar-refractivity contribution in [3.63, 3.8) is 0 Å². The molecule has 4 nitrogen and oxygen atoms in total. The zero-order chi connectivity index (χ0) is 17.7. The third-order valence-electron chi connectivity index (χ3n) is 4.05. The molecule has 0 saturated heterocycles. The molecule has 0 spiro atoms. The molecule has 1 atom stereocenters. The van der Waals surface area contributed by atoms with Gasteiger partial charge >= 0.3 is 0 Å². The Labute approximate surface area is 143 Å². The summed E-state index contributed by atoms with van der Waals surface area (Å²) in [5, 5.41) is 9.21. The van der Waals surface area contributed by atoms with Crippen LogP contribution in [0.5, 0.6) is 0 Å². The molecular weight excluding hydrogens is 296 g/mol. The van der Waals surface area contributed by atoms with Crippen molar-refractivity contribution in [2.75, 3.05) is 0 Å². The van der Waals surface area contributed by atoms with Crippen molar-refractivity contribution in [2.45, 2.75) is 46.7 Å². The van der Waals surface area contributed by atoms with E-state index in [9.17, 15) is 5.26 Å². The molecule has 4 heteroatoms. The number of rotatable bonds is 5. The number of benzene rings is 1. The fraction of sp³-hybridized carbons (Fsp3) is 0.350. The number of nitriles is 1. The second-order valence-corrected chi connectivity index (χ2v) is 6.19. The molecule has 124 valence electrons. The van der Waals surface area contributed by atoms with Crippen molar-refractivity contribution in [3.8, 4) is 6.07 Å². The van der Waals surface area contributed by atoms with E-state index in [0.29, 0.717) is 17.7 Å². The second kappa shape index (κ2) is 7.74. The van der Waals surface area contributed by atoms with Gasteiger partial charge in [0, 0.05) is 12.4 Å². The first-order chi connectivity index (χ1) is 11.4. The van der Waals surface area contributed by atoms with Crippen LogP contribution >= 0.6 is 0 Å². The molecule has 0 aliphatic rings. The fourth-order valence-corrected chi connectivity index (χ4v) is 2.34. The normalized spacial score (nSPS) is 12.7. The third kappa shape index (κ3) is 4.20. The Balaban J connectivity index is 2.37. The number of nitrogens with zero attached hydrogens (tertiary/aromatic N) is 4. The SMILES string of the molecule is C=C(Cn1cc(C)cn/c1=N/C(C)CC)c1ccc(C)c(C#N)c1. The summed E-state index contributed by atoms with van der Waals surface area (Å²) >= 11 is 0. The zero-order valence-corrected chi connectivity index (χ0v) is 14.9. The van der Waals surface area contributed by atoms with Crippen LogP contribution < -0.4 is 5.62 Å². The van der Waals surface area contributed by atoms with E-state index in [0.717, 1.165) is 28.7 Å². The summed E-state index contributed by atoms with van der Waals surface area (Å²) in [4.78, 5) is 9.14. The molecule has 0 amide bonds. The highest BCUT2D eigenvalue weighted by Gasteiger charge is 2.06. The molecule has 0 saturated carbocycles. The van der Waals surface area contributed by atoms with Crippen LogP contribution in [-0.2, 0) is 6.54 Å². The zero-order valence-electron chi connectivity index (χ0n) is 14.9. The highest BCUT2D eigenvalue weighted by atomic mass is 15.1. The maximum Gasteiger partial charge on any atom is 0.225 e. The lowest BCUT2D eigenvalue weighted by Gasteiger charge is -2.12. The van der Waals surface area contributed by atoms with Crippen LogP contribution in [0.3, 0.4) is 0 Å². The van der Waals surface area contributed by atoms with Crippen molar-refractivity contribution in [1.29, 1.82) is 5.26 Å².